The van der Waals surface area contributed by atoms with E-state index in [1.165, 1.54) is 38.1 Å². The number of halogens is 1. The van der Waals surface area contributed by atoms with Crippen molar-refractivity contribution in [3.05, 3.63) is 42.6 Å². The van der Waals surface area contributed by atoms with Crippen LogP contribution in [-0.2, 0) is 6.54 Å². The number of imidazole rings is 1. The van der Waals surface area contributed by atoms with Gasteiger partial charge in [-0.1, -0.05) is 12.1 Å². The van der Waals surface area contributed by atoms with Crippen LogP contribution < -0.4 is 0 Å². The molecule has 4 heteroatoms. The third-order valence-electron chi connectivity index (χ3n) is 3.63. The zero-order chi connectivity index (χ0) is 13.1. The lowest BCUT2D eigenvalue weighted by molar-refractivity contribution is 0.322. The highest BCUT2D eigenvalue weighted by molar-refractivity contribution is 5.57. The number of rotatable bonds is 4. The van der Waals surface area contributed by atoms with Gasteiger partial charge in [0.25, 0.3) is 0 Å². The summed E-state index contributed by atoms with van der Waals surface area (Å²) in [6, 6.07) is 6.57. The van der Waals surface area contributed by atoms with Crippen LogP contribution in [0.4, 0.5) is 4.39 Å². The van der Waals surface area contributed by atoms with Gasteiger partial charge in [0.05, 0.1) is 12.0 Å². The van der Waals surface area contributed by atoms with Gasteiger partial charge in [0, 0.05) is 24.8 Å². The zero-order valence-electron chi connectivity index (χ0n) is 10.9. The molecule has 19 heavy (non-hydrogen) atoms. The van der Waals surface area contributed by atoms with Crippen LogP contribution >= 0.6 is 0 Å². The Kier molecular flexibility index (Phi) is 3.60. The normalized spacial score (nSPS) is 16.1. The van der Waals surface area contributed by atoms with Gasteiger partial charge in [0.1, 0.15) is 5.82 Å². The standard InChI is InChI=1S/C15H18FN3/c16-14-5-3-4-13(10-14)15-11-19(12-17-15)9-8-18-6-1-2-7-18/h3-5,10-12H,1-2,6-9H2. The fraction of sp³-hybridized carbons (Fsp3) is 0.400. The minimum Gasteiger partial charge on any atom is -0.336 e. The molecule has 3 rings (SSSR count). The molecule has 2 heterocycles. The first-order valence-electron chi connectivity index (χ1n) is 6.81. The summed E-state index contributed by atoms with van der Waals surface area (Å²) < 4.78 is 15.3. The topological polar surface area (TPSA) is 21.1 Å². The Balaban J connectivity index is 1.65. The molecule has 0 unspecified atom stereocenters. The quantitative estimate of drug-likeness (QED) is 0.842. The smallest absolute Gasteiger partial charge is 0.123 e. The lowest BCUT2D eigenvalue weighted by atomic mass is 10.2. The summed E-state index contributed by atoms with van der Waals surface area (Å²) in [5.74, 6) is -0.218. The average Bonchev–Trinajstić information content (AvgIpc) is 3.08. The van der Waals surface area contributed by atoms with Crippen molar-refractivity contribution >= 4 is 0 Å². The first kappa shape index (κ1) is 12.4. The molecule has 0 radical (unpaired) electrons. The summed E-state index contributed by atoms with van der Waals surface area (Å²) in [7, 11) is 0. The largest absolute Gasteiger partial charge is 0.336 e. The van der Waals surface area contributed by atoms with Crippen molar-refractivity contribution in [2.45, 2.75) is 19.4 Å². The third-order valence-corrected chi connectivity index (χ3v) is 3.63. The van der Waals surface area contributed by atoms with E-state index in [2.05, 4.69) is 14.5 Å². The molecule has 0 spiro atoms. The van der Waals surface area contributed by atoms with Crippen molar-refractivity contribution in [1.29, 1.82) is 0 Å². The minimum atomic E-state index is -0.218. The molecule has 0 aliphatic carbocycles. The molecule has 1 saturated heterocycles. The maximum atomic E-state index is 13.2. The van der Waals surface area contributed by atoms with Crippen molar-refractivity contribution < 1.29 is 4.39 Å². The van der Waals surface area contributed by atoms with E-state index in [1.807, 2.05) is 18.6 Å². The molecular weight excluding hydrogens is 241 g/mol. The number of nitrogens with zero attached hydrogens (tertiary/aromatic N) is 3. The molecule has 2 aromatic rings. The summed E-state index contributed by atoms with van der Waals surface area (Å²) in [5.41, 5.74) is 1.67. The molecular formula is C15H18FN3. The first-order valence-corrected chi connectivity index (χ1v) is 6.81. The zero-order valence-corrected chi connectivity index (χ0v) is 10.9. The summed E-state index contributed by atoms with van der Waals surface area (Å²) in [6.07, 6.45) is 6.46. The molecule has 1 aromatic carbocycles. The van der Waals surface area contributed by atoms with E-state index in [9.17, 15) is 4.39 Å². The summed E-state index contributed by atoms with van der Waals surface area (Å²) in [4.78, 5) is 6.82. The highest BCUT2D eigenvalue weighted by atomic mass is 19.1. The second kappa shape index (κ2) is 5.53. The van der Waals surface area contributed by atoms with Crippen LogP contribution in [0.2, 0.25) is 0 Å². The first-order chi connectivity index (χ1) is 9.31. The molecule has 1 fully saturated rings. The van der Waals surface area contributed by atoms with Crippen LogP contribution in [0, 0.1) is 5.82 Å². The summed E-state index contributed by atoms with van der Waals surface area (Å²) >= 11 is 0. The van der Waals surface area contributed by atoms with E-state index in [-0.39, 0.29) is 5.82 Å². The van der Waals surface area contributed by atoms with Gasteiger partial charge in [-0.3, -0.25) is 0 Å². The van der Waals surface area contributed by atoms with Gasteiger partial charge < -0.3 is 9.47 Å². The summed E-state index contributed by atoms with van der Waals surface area (Å²) in [6.45, 7) is 4.44. The molecule has 0 atom stereocenters. The lowest BCUT2D eigenvalue weighted by Crippen LogP contribution is -2.23. The number of likely N-dealkylation sites (tertiary alicyclic amines) is 1. The maximum absolute atomic E-state index is 13.2. The number of aromatic nitrogens is 2. The van der Waals surface area contributed by atoms with Crippen molar-refractivity contribution in [2.75, 3.05) is 19.6 Å². The highest BCUT2D eigenvalue weighted by Gasteiger charge is 2.11. The van der Waals surface area contributed by atoms with Crippen molar-refractivity contribution in [2.24, 2.45) is 0 Å². The molecule has 3 nitrogen and oxygen atoms in total. The Morgan fingerprint density at radius 3 is 2.79 bits per heavy atom. The van der Waals surface area contributed by atoms with E-state index in [0.29, 0.717) is 0 Å². The van der Waals surface area contributed by atoms with E-state index < -0.39 is 0 Å². The Morgan fingerprint density at radius 2 is 2.00 bits per heavy atom. The van der Waals surface area contributed by atoms with Crippen LogP contribution in [0.3, 0.4) is 0 Å². The molecule has 1 aromatic heterocycles. The van der Waals surface area contributed by atoms with Gasteiger partial charge in [0.15, 0.2) is 0 Å². The van der Waals surface area contributed by atoms with Gasteiger partial charge in [0.2, 0.25) is 0 Å². The predicted octanol–water partition coefficient (Wildman–Crippen LogP) is 2.79. The lowest BCUT2D eigenvalue weighted by Gasteiger charge is -2.14. The fourth-order valence-corrected chi connectivity index (χ4v) is 2.54. The average molecular weight is 259 g/mol. The van der Waals surface area contributed by atoms with Crippen LogP contribution in [0.1, 0.15) is 12.8 Å². The molecule has 0 saturated carbocycles. The maximum Gasteiger partial charge on any atom is 0.123 e. The van der Waals surface area contributed by atoms with E-state index >= 15 is 0 Å². The van der Waals surface area contributed by atoms with Crippen LogP contribution in [-0.4, -0.2) is 34.1 Å². The van der Waals surface area contributed by atoms with Gasteiger partial charge in [-0.25, -0.2) is 9.37 Å². The van der Waals surface area contributed by atoms with E-state index in [4.69, 9.17) is 0 Å². The molecule has 0 bridgehead atoms. The van der Waals surface area contributed by atoms with Gasteiger partial charge in [-0.05, 0) is 38.1 Å². The van der Waals surface area contributed by atoms with Crippen LogP contribution in [0.15, 0.2) is 36.8 Å². The number of hydrogen-bond donors (Lipinski definition) is 0. The second-order valence-corrected chi connectivity index (χ2v) is 5.06. The molecule has 0 amide bonds. The van der Waals surface area contributed by atoms with Crippen molar-refractivity contribution in [1.82, 2.24) is 14.5 Å². The molecule has 100 valence electrons. The molecule has 1 aliphatic heterocycles. The van der Waals surface area contributed by atoms with E-state index in [0.717, 1.165) is 24.3 Å². The fourth-order valence-electron chi connectivity index (χ4n) is 2.54. The summed E-state index contributed by atoms with van der Waals surface area (Å²) in [5, 5.41) is 0. The Bertz CT molecular complexity index is 544. The SMILES string of the molecule is Fc1cccc(-c2cn(CCN3CCCC3)cn2)c1. The van der Waals surface area contributed by atoms with Gasteiger partial charge in [-0.15, -0.1) is 0 Å². The van der Waals surface area contributed by atoms with Crippen molar-refractivity contribution in [3.63, 3.8) is 0 Å². The number of hydrogen-bond acceptors (Lipinski definition) is 2. The molecule has 0 N–H and O–H groups in total. The van der Waals surface area contributed by atoms with Crippen molar-refractivity contribution in [3.8, 4) is 11.3 Å². The van der Waals surface area contributed by atoms with Crippen LogP contribution in [0.5, 0.6) is 0 Å². The molecule has 1 aliphatic rings. The minimum absolute atomic E-state index is 0.218. The van der Waals surface area contributed by atoms with Gasteiger partial charge >= 0.3 is 0 Å². The Hall–Kier alpha value is -1.68. The van der Waals surface area contributed by atoms with E-state index in [1.54, 1.807) is 6.07 Å². The highest BCUT2D eigenvalue weighted by Crippen LogP contribution is 2.17. The predicted molar refractivity (Wildman–Crippen MR) is 73.3 cm³/mol. The second-order valence-electron chi connectivity index (χ2n) is 5.06. The third kappa shape index (κ3) is 3.01. The monoisotopic (exact) mass is 259 g/mol. The van der Waals surface area contributed by atoms with Gasteiger partial charge in [-0.2, -0.15) is 0 Å². The Morgan fingerprint density at radius 1 is 1.16 bits per heavy atom. The Labute approximate surface area is 112 Å². The van der Waals surface area contributed by atoms with Crippen LogP contribution in [0.25, 0.3) is 11.3 Å². The number of benzene rings is 1.